The van der Waals surface area contributed by atoms with Gasteiger partial charge in [-0.1, -0.05) is 50.2 Å². The van der Waals surface area contributed by atoms with Crippen LogP contribution in [0, 0.1) is 11.3 Å². The van der Waals surface area contributed by atoms with Crippen molar-refractivity contribution in [2.75, 3.05) is 6.54 Å². The number of rotatable bonds is 4. The first-order valence-corrected chi connectivity index (χ1v) is 5.62. The maximum absolute atomic E-state index is 11.4. The van der Waals surface area contributed by atoms with Crippen molar-refractivity contribution in [1.29, 1.82) is 0 Å². The molecule has 0 aromatic heterocycles. The number of hydrogen-bond acceptors (Lipinski definition) is 1. The van der Waals surface area contributed by atoms with Crippen LogP contribution in [0.2, 0.25) is 0 Å². The molecule has 0 aromatic rings. The lowest BCUT2D eigenvalue weighted by Gasteiger charge is -2.26. The van der Waals surface area contributed by atoms with E-state index in [1.54, 1.807) is 0 Å². The minimum Gasteiger partial charge on any atom is -0.352 e. The molecule has 1 N–H and O–H groups in total. The molecule has 3 heteroatoms. The Labute approximate surface area is 95.3 Å². The fourth-order valence-electron chi connectivity index (χ4n) is 0.851. The SMILES string of the molecule is C=C(Br)CNC(=O)CC(C)C(C)(C)C. The predicted molar refractivity (Wildman–Crippen MR) is 64.3 cm³/mol. The van der Waals surface area contributed by atoms with E-state index in [0.29, 0.717) is 18.9 Å². The lowest BCUT2D eigenvalue weighted by molar-refractivity contribution is -0.122. The minimum atomic E-state index is 0.0908. The van der Waals surface area contributed by atoms with Crippen molar-refractivity contribution >= 4 is 21.8 Å². The normalized spacial score (nSPS) is 13.5. The summed E-state index contributed by atoms with van der Waals surface area (Å²) in [5.41, 5.74) is 0.183. The van der Waals surface area contributed by atoms with Gasteiger partial charge in [0.2, 0.25) is 5.91 Å². The highest BCUT2D eigenvalue weighted by Crippen LogP contribution is 2.27. The topological polar surface area (TPSA) is 29.1 Å². The summed E-state index contributed by atoms with van der Waals surface area (Å²) in [6, 6.07) is 0. The van der Waals surface area contributed by atoms with E-state index in [2.05, 4.69) is 55.5 Å². The maximum atomic E-state index is 11.4. The molecular formula is C11H20BrNO. The van der Waals surface area contributed by atoms with Crippen molar-refractivity contribution in [3.05, 3.63) is 11.1 Å². The Hall–Kier alpha value is -0.310. The zero-order chi connectivity index (χ0) is 11.4. The molecular weight excluding hydrogens is 242 g/mol. The molecule has 0 radical (unpaired) electrons. The average Bonchev–Trinajstić information content (AvgIpc) is 1.99. The van der Waals surface area contributed by atoms with Crippen LogP contribution in [0.25, 0.3) is 0 Å². The molecule has 0 rings (SSSR count). The second kappa shape index (κ2) is 5.54. The Bertz CT molecular complexity index is 218. The molecule has 0 saturated carbocycles. The van der Waals surface area contributed by atoms with Crippen LogP contribution in [0.4, 0.5) is 0 Å². The summed E-state index contributed by atoms with van der Waals surface area (Å²) in [4.78, 5) is 11.4. The Morgan fingerprint density at radius 1 is 1.50 bits per heavy atom. The van der Waals surface area contributed by atoms with Crippen LogP contribution in [0.15, 0.2) is 11.1 Å². The van der Waals surface area contributed by atoms with Crippen LogP contribution >= 0.6 is 15.9 Å². The lowest BCUT2D eigenvalue weighted by atomic mass is 9.80. The molecule has 1 atom stereocenters. The Morgan fingerprint density at radius 3 is 2.36 bits per heavy atom. The third-order valence-electron chi connectivity index (χ3n) is 2.45. The van der Waals surface area contributed by atoms with E-state index in [4.69, 9.17) is 0 Å². The molecule has 2 nitrogen and oxygen atoms in total. The van der Waals surface area contributed by atoms with Gasteiger partial charge in [-0.3, -0.25) is 4.79 Å². The first-order valence-electron chi connectivity index (χ1n) is 4.83. The third-order valence-corrected chi connectivity index (χ3v) is 2.73. The lowest BCUT2D eigenvalue weighted by Crippen LogP contribution is -2.29. The van der Waals surface area contributed by atoms with Gasteiger partial charge in [0, 0.05) is 17.4 Å². The van der Waals surface area contributed by atoms with Gasteiger partial charge in [0.15, 0.2) is 0 Å². The molecule has 0 spiro atoms. The molecule has 14 heavy (non-hydrogen) atoms. The first kappa shape index (κ1) is 13.7. The number of hydrogen-bond donors (Lipinski definition) is 1. The van der Waals surface area contributed by atoms with E-state index in [1.807, 2.05) is 0 Å². The highest BCUT2D eigenvalue weighted by molar-refractivity contribution is 9.11. The van der Waals surface area contributed by atoms with Gasteiger partial charge in [-0.25, -0.2) is 0 Å². The second-order valence-electron chi connectivity index (χ2n) is 4.77. The predicted octanol–water partition coefficient (Wildman–Crippen LogP) is 3.08. The largest absolute Gasteiger partial charge is 0.352 e. The van der Waals surface area contributed by atoms with Crippen LogP contribution in [0.1, 0.15) is 34.1 Å². The van der Waals surface area contributed by atoms with Crippen molar-refractivity contribution < 1.29 is 4.79 Å². The molecule has 0 aliphatic carbocycles. The number of carbonyl (C=O) groups excluding carboxylic acids is 1. The molecule has 0 aromatic carbocycles. The van der Waals surface area contributed by atoms with Crippen molar-refractivity contribution in [2.45, 2.75) is 34.1 Å². The van der Waals surface area contributed by atoms with Gasteiger partial charge in [-0.2, -0.15) is 0 Å². The maximum Gasteiger partial charge on any atom is 0.220 e. The number of halogens is 1. The molecule has 82 valence electrons. The fourth-order valence-corrected chi connectivity index (χ4v) is 0.991. The van der Waals surface area contributed by atoms with E-state index in [-0.39, 0.29) is 11.3 Å². The van der Waals surface area contributed by atoms with E-state index in [0.717, 1.165) is 4.48 Å². The molecule has 0 heterocycles. The van der Waals surface area contributed by atoms with Crippen molar-refractivity contribution in [3.63, 3.8) is 0 Å². The monoisotopic (exact) mass is 261 g/mol. The summed E-state index contributed by atoms with van der Waals surface area (Å²) in [6.45, 7) is 12.7. The molecule has 0 aliphatic rings. The summed E-state index contributed by atoms with van der Waals surface area (Å²) in [5.74, 6) is 0.471. The van der Waals surface area contributed by atoms with E-state index < -0.39 is 0 Å². The van der Waals surface area contributed by atoms with Crippen LogP contribution in [0.3, 0.4) is 0 Å². The van der Waals surface area contributed by atoms with Gasteiger partial charge in [-0.15, -0.1) is 0 Å². The Balaban J connectivity index is 3.89. The Kier molecular flexibility index (Phi) is 5.42. The molecule has 0 saturated heterocycles. The summed E-state index contributed by atoms with van der Waals surface area (Å²) in [5, 5.41) is 2.80. The average molecular weight is 262 g/mol. The Morgan fingerprint density at radius 2 is 2.00 bits per heavy atom. The van der Waals surface area contributed by atoms with Crippen LogP contribution in [-0.4, -0.2) is 12.5 Å². The first-order chi connectivity index (χ1) is 6.23. The van der Waals surface area contributed by atoms with Gasteiger partial charge in [0.05, 0.1) is 0 Å². The summed E-state index contributed by atoms with van der Waals surface area (Å²) >= 11 is 3.20. The molecule has 0 fully saturated rings. The van der Waals surface area contributed by atoms with Gasteiger partial charge < -0.3 is 5.32 Å². The van der Waals surface area contributed by atoms with Crippen LogP contribution in [0.5, 0.6) is 0 Å². The summed E-state index contributed by atoms with van der Waals surface area (Å²) in [6.07, 6.45) is 0.573. The standard InChI is InChI=1S/C11H20BrNO/c1-8(11(3,4)5)6-10(14)13-7-9(2)12/h8H,2,6-7H2,1,3-5H3,(H,13,14). The number of nitrogens with one attached hydrogen (secondary N) is 1. The van der Waals surface area contributed by atoms with Crippen LogP contribution in [-0.2, 0) is 4.79 Å². The number of amides is 1. The highest BCUT2D eigenvalue weighted by atomic mass is 79.9. The summed E-state index contributed by atoms with van der Waals surface area (Å²) in [7, 11) is 0. The smallest absolute Gasteiger partial charge is 0.220 e. The van der Waals surface area contributed by atoms with E-state index in [9.17, 15) is 4.79 Å². The van der Waals surface area contributed by atoms with Gasteiger partial charge in [0.25, 0.3) is 0 Å². The zero-order valence-electron chi connectivity index (χ0n) is 9.48. The van der Waals surface area contributed by atoms with Crippen molar-refractivity contribution in [1.82, 2.24) is 5.32 Å². The van der Waals surface area contributed by atoms with Gasteiger partial charge in [0.1, 0.15) is 0 Å². The van der Waals surface area contributed by atoms with Gasteiger partial charge in [-0.05, 0) is 11.3 Å². The van der Waals surface area contributed by atoms with Crippen LogP contribution < -0.4 is 5.32 Å². The minimum absolute atomic E-state index is 0.0908. The molecule has 1 amide bonds. The van der Waals surface area contributed by atoms with E-state index in [1.165, 1.54) is 0 Å². The molecule has 1 unspecified atom stereocenters. The summed E-state index contributed by atoms with van der Waals surface area (Å²) < 4.78 is 0.800. The zero-order valence-corrected chi connectivity index (χ0v) is 11.1. The molecule has 0 aliphatic heterocycles. The quantitative estimate of drug-likeness (QED) is 0.828. The van der Waals surface area contributed by atoms with Crippen molar-refractivity contribution in [3.8, 4) is 0 Å². The highest BCUT2D eigenvalue weighted by Gasteiger charge is 2.22. The van der Waals surface area contributed by atoms with E-state index >= 15 is 0 Å². The second-order valence-corrected chi connectivity index (χ2v) is 5.89. The van der Waals surface area contributed by atoms with Crippen molar-refractivity contribution in [2.24, 2.45) is 11.3 Å². The number of carbonyl (C=O) groups is 1. The molecule has 0 bridgehead atoms. The van der Waals surface area contributed by atoms with Gasteiger partial charge >= 0.3 is 0 Å². The third kappa shape index (κ3) is 6.19. The fraction of sp³-hybridized carbons (Fsp3) is 0.727.